The van der Waals surface area contributed by atoms with Crippen LogP contribution in [0.4, 0.5) is 4.39 Å². The molecule has 0 aliphatic heterocycles. The monoisotopic (exact) mass is 308 g/mol. The second-order valence-electron chi connectivity index (χ2n) is 5.55. The first-order valence-corrected chi connectivity index (χ1v) is 7.47. The second-order valence-corrected chi connectivity index (χ2v) is 5.55. The first-order chi connectivity index (χ1) is 11.2. The van der Waals surface area contributed by atoms with Gasteiger partial charge in [-0.2, -0.15) is 0 Å². The molecular formula is C18H13FN2O2. The number of carbonyl (C=O) groups is 1. The maximum atomic E-state index is 13.3. The summed E-state index contributed by atoms with van der Waals surface area (Å²) in [5.74, 6) is 0.298. The third kappa shape index (κ3) is 2.54. The number of pyridine rings is 1. The molecule has 0 saturated heterocycles. The standard InChI is InChI=1S/C18H13FN2O2/c19-12-4-1-3-11(9-12)18-10-16(21-23-18)15-8-7-13-14(20-15)5-2-6-17(13)22/h1,3-4,7-10H,2,5-6H2. The van der Waals surface area contributed by atoms with Crippen molar-refractivity contribution in [3.05, 3.63) is 59.5 Å². The van der Waals surface area contributed by atoms with Crippen molar-refractivity contribution in [3.8, 4) is 22.7 Å². The Labute approximate surface area is 132 Å². The zero-order valence-corrected chi connectivity index (χ0v) is 12.3. The van der Waals surface area contributed by atoms with Crippen molar-refractivity contribution in [3.63, 3.8) is 0 Å². The van der Waals surface area contributed by atoms with Crippen LogP contribution in [0.3, 0.4) is 0 Å². The molecule has 1 aliphatic carbocycles. The largest absolute Gasteiger partial charge is 0.356 e. The molecule has 0 amide bonds. The Morgan fingerprint density at radius 1 is 1.04 bits per heavy atom. The van der Waals surface area contributed by atoms with Gasteiger partial charge in [-0.3, -0.25) is 9.78 Å². The number of halogens is 1. The van der Waals surface area contributed by atoms with Gasteiger partial charge in [-0.15, -0.1) is 0 Å². The number of rotatable bonds is 2. The van der Waals surface area contributed by atoms with Crippen LogP contribution in [-0.2, 0) is 6.42 Å². The van der Waals surface area contributed by atoms with Gasteiger partial charge < -0.3 is 4.52 Å². The summed E-state index contributed by atoms with van der Waals surface area (Å²) in [4.78, 5) is 16.4. The molecule has 0 N–H and O–H groups in total. The topological polar surface area (TPSA) is 56.0 Å². The fraction of sp³-hybridized carbons (Fsp3) is 0.167. The van der Waals surface area contributed by atoms with E-state index in [2.05, 4.69) is 10.1 Å². The zero-order valence-electron chi connectivity index (χ0n) is 12.3. The van der Waals surface area contributed by atoms with E-state index in [-0.39, 0.29) is 11.6 Å². The molecule has 0 spiro atoms. The molecule has 0 unspecified atom stereocenters. The van der Waals surface area contributed by atoms with Gasteiger partial charge in [-0.05, 0) is 37.1 Å². The van der Waals surface area contributed by atoms with E-state index in [0.29, 0.717) is 34.7 Å². The van der Waals surface area contributed by atoms with Crippen LogP contribution in [-0.4, -0.2) is 15.9 Å². The van der Waals surface area contributed by atoms with E-state index in [1.807, 2.05) is 0 Å². The van der Waals surface area contributed by atoms with Gasteiger partial charge in [0.1, 0.15) is 11.5 Å². The van der Waals surface area contributed by atoms with Gasteiger partial charge in [0.05, 0.1) is 11.4 Å². The Balaban J connectivity index is 1.71. The Bertz CT molecular complexity index is 902. The maximum absolute atomic E-state index is 13.3. The number of aryl methyl sites for hydroxylation is 1. The van der Waals surface area contributed by atoms with Crippen LogP contribution in [0.2, 0.25) is 0 Å². The molecule has 1 aliphatic rings. The summed E-state index contributed by atoms with van der Waals surface area (Å²) >= 11 is 0. The lowest BCUT2D eigenvalue weighted by atomic mass is 9.94. The quantitative estimate of drug-likeness (QED) is 0.716. The average molecular weight is 308 g/mol. The van der Waals surface area contributed by atoms with E-state index in [1.54, 1.807) is 30.3 Å². The van der Waals surface area contributed by atoms with Crippen molar-refractivity contribution in [1.82, 2.24) is 10.1 Å². The number of hydrogen-bond acceptors (Lipinski definition) is 4. The molecule has 114 valence electrons. The van der Waals surface area contributed by atoms with E-state index in [1.165, 1.54) is 12.1 Å². The van der Waals surface area contributed by atoms with E-state index in [0.717, 1.165) is 18.5 Å². The van der Waals surface area contributed by atoms with Crippen LogP contribution in [0.15, 0.2) is 47.0 Å². The van der Waals surface area contributed by atoms with Crippen LogP contribution in [0.1, 0.15) is 28.9 Å². The van der Waals surface area contributed by atoms with Gasteiger partial charge in [0.15, 0.2) is 11.5 Å². The SMILES string of the molecule is O=C1CCCc2nc(-c3cc(-c4cccc(F)c4)on3)ccc21. The van der Waals surface area contributed by atoms with Crippen LogP contribution in [0.5, 0.6) is 0 Å². The van der Waals surface area contributed by atoms with Crippen molar-refractivity contribution >= 4 is 5.78 Å². The lowest BCUT2D eigenvalue weighted by Gasteiger charge is -2.13. The molecule has 5 heteroatoms. The number of hydrogen-bond donors (Lipinski definition) is 0. The Hall–Kier alpha value is -2.82. The molecule has 0 radical (unpaired) electrons. The maximum Gasteiger partial charge on any atom is 0.167 e. The highest BCUT2D eigenvalue weighted by Crippen LogP contribution is 2.27. The molecule has 23 heavy (non-hydrogen) atoms. The van der Waals surface area contributed by atoms with Gasteiger partial charge in [0.25, 0.3) is 0 Å². The molecule has 2 heterocycles. The first-order valence-electron chi connectivity index (χ1n) is 7.47. The van der Waals surface area contributed by atoms with Crippen molar-refractivity contribution in [1.29, 1.82) is 0 Å². The minimum atomic E-state index is -0.328. The highest BCUT2D eigenvalue weighted by Gasteiger charge is 2.19. The Morgan fingerprint density at radius 3 is 2.83 bits per heavy atom. The normalized spacial score (nSPS) is 13.9. The minimum absolute atomic E-state index is 0.144. The highest BCUT2D eigenvalue weighted by molar-refractivity contribution is 5.98. The number of carbonyl (C=O) groups excluding carboxylic acids is 1. The van der Waals surface area contributed by atoms with E-state index in [4.69, 9.17) is 4.52 Å². The molecule has 0 bridgehead atoms. The fourth-order valence-corrected chi connectivity index (χ4v) is 2.81. The Kier molecular flexibility index (Phi) is 3.26. The van der Waals surface area contributed by atoms with Crippen molar-refractivity contribution in [2.45, 2.75) is 19.3 Å². The summed E-state index contributed by atoms with van der Waals surface area (Å²) in [6.45, 7) is 0. The lowest BCUT2D eigenvalue weighted by molar-refractivity contribution is 0.0971. The molecule has 4 nitrogen and oxygen atoms in total. The van der Waals surface area contributed by atoms with E-state index in [9.17, 15) is 9.18 Å². The van der Waals surface area contributed by atoms with E-state index >= 15 is 0 Å². The average Bonchev–Trinajstić information content (AvgIpc) is 3.05. The van der Waals surface area contributed by atoms with Crippen LogP contribution < -0.4 is 0 Å². The van der Waals surface area contributed by atoms with Gasteiger partial charge in [-0.1, -0.05) is 17.3 Å². The summed E-state index contributed by atoms with van der Waals surface area (Å²) in [5, 5.41) is 4.02. The van der Waals surface area contributed by atoms with Crippen molar-refractivity contribution in [2.24, 2.45) is 0 Å². The third-order valence-electron chi connectivity index (χ3n) is 3.97. The fourth-order valence-electron chi connectivity index (χ4n) is 2.81. The zero-order chi connectivity index (χ0) is 15.8. The van der Waals surface area contributed by atoms with Crippen LogP contribution >= 0.6 is 0 Å². The molecule has 1 aromatic carbocycles. The van der Waals surface area contributed by atoms with Crippen molar-refractivity contribution < 1.29 is 13.7 Å². The highest BCUT2D eigenvalue weighted by atomic mass is 19.1. The summed E-state index contributed by atoms with van der Waals surface area (Å²) in [7, 11) is 0. The number of benzene rings is 1. The van der Waals surface area contributed by atoms with Gasteiger partial charge in [0.2, 0.25) is 0 Å². The Morgan fingerprint density at radius 2 is 1.96 bits per heavy atom. The number of aromatic nitrogens is 2. The summed E-state index contributed by atoms with van der Waals surface area (Å²) in [6.07, 6.45) is 2.21. The smallest absolute Gasteiger partial charge is 0.167 e. The van der Waals surface area contributed by atoms with Crippen LogP contribution in [0.25, 0.3) is 22.7 Å². The minimum Gasteiger partial charge on any atom is -0.356 e. The number of nitrogens with zero attached hydrogens (tertiary/aromatic N) is 2. The van der Waals surface area contributed by atoms with Crippen molar-refractivity contribution in [2.75, 3.05) is 0 Å². The first kappa shape index (κ1) is 13.8. The van der Waals surface area contributed by atoms with Crippen LogP contribution in [0, 0.1) is 5.82 Å². The second kappa shape index (κ2) is 5.43. The van der Waals surface area contributed by atoms with E-state index < -0.39 is 0 Å². The lowest BCUT2D eigenvalue weighted by Crippen LogP contribution is -2.12. The predicted octanol–water partition coefficient (Wildman–Crippen LogP) is 4.06. The predicted molar refractivity (Wildman–Crippen MR) is 82.4 cm³/mol. The third-order valence-corrected chi connectivity index (χ3v) is 3.97. The molecule has 0 saturated carbocycles. The summed E-state index contributed by atoms with van der Waals surface area (Å²) in [5.41, 5.74) is 3.37. The number of ketones is 1. The van der Waals surface area contributed by atoms with Gasteiger partial charge in [0, 0.05) is 23.6 Å². The number of Topliss-reactive ketones (excluding diaryl/α,β-unsaturated/α-hetero) is 1. The molecule has 0 atom stereocenters. The molecule has 3 aromatic rings. The summed E-state index contributed by atoms with van der Waals surface area (Å²) in [6, 6.07) is 11.5. The molecule has 2 aromatic heterocycles. The van der Waals surface area contributed by atoms with Gasteiger partial charge >= 0.3 is 0 Å². The van der Waals surface area contributed by atoms with Gasteiger partial charge in [-0.25, -0.2) is 4.39 Å². The molecular weight excluding hydrogens is 295 g/mol. The summed E-state index contributed by atoms with van der Waals surface area (Å²) < 4.78 is 18.6. The molecule has 4 rings (SSSR count). The molecule has 0 fully saturated rings. The number of fused-ring (bicyclic) bond motifs is 1.